The molecule has 0 spiro atoms. The summed E-state index contributed by atoms with van der Waals surface area (Å²) >= 11 is 1.62. The van der Waals surface area contributed by atoms with Gasteiger partial charge in [-0.2, -0.15) is 5.10 Å². The highest BCUT2D eigenvalue weighted by Gasteiger charge is 2.17. The number of nitrogens with zero attached hydrogens (tertiary/aromatic N) is 4. The Labute approximate surface area is 178 Å². The zero-order chi connectivity index (χ0) is 21.2. The van der Waals surface area contributed by atoms with Gasteiger partial charge in [0.25, 0.3) is 0 Å². The minimum absolute atomic E-state index is 0.112. The Hall–Kier alpha value is -1.83. The maximum Gasteiger partial charge on any atom is 0.223 e. The summed E-state index contributed by atoms with van der Waals surface area (Å²) in [4.78, 5) is 21.8. The minimum atomic E-state index is 0.112. The molecule has 0 aliphatic rings. The SMILES string of the molecule is CCCC(CCC)C(=O)NCCn1ncc2c(NCC(C)C)nc(SCC)nc21. The van der Waals surface area contributed by atoms with Gasteiger partial charge < -0.3 is 10.6 Å². The molecular weight excluding hydrogens is 384 g/mol. The summed E-state index contributed by atoms with van der Waals surface area (Å²) in [6.07, 6.45) is 5.77. The van der Waals surface area contributed by atoms with Crippen molar-refractivity contribution in [3.05, 3.63) is 6.20 Å². The molecule has 2 aromatic heterocycles. The first-order valence-electron chi connectivity index (χ1n) is 10.9. The van der Waals surface area contributed by atoms with Crippen LogP contribution in [0.2, 0.25) is 0 Å². The van der Waals surface area contributed by atoms with Crippen LogP contribution in [-0.4, -0.2) is 44.5 Å². The molecule has 0 unspecified atom stereocenters. The second-order valence-corrected chi connectivity index (χ2v) is 8.96. The molecule has 0 saturated carbocycles. The first kappa shape index (κ1) is 23.4. The first-order chi connectivity index (χ1) is 14.0. The van der Waals surface area contributed by atoms with Crippen LogP contribution >= 0.6 is 11.8 Å². The molecule has 0 aromatic carbocycles. The lowest BCUT2D eigenvalue weighted by Crippen LogP contribution is -2.33. The van der Waals surface area contributed by atoms with Gasteiger partial charge in [-0.15, -0.1) is 0 Å². The van der Waals surface area contributed by atoms with Crippen molar-refractivity contribution >= 4 is 34.5 Å². The van der Waals surface area contributed by atoms with Crippen LogP contribution in [0.15, 0.2) is 11.4 Å². The van der Waals surface area contributed by atoms with Crippen LogP contribution < -0.4 is 10.6 Å². The lowest BCUT2D eigenvalue weighted by atomic mass is 9.97. The zero-order valence-corrected chi connectivity index (χ0v) is 19.3. The van der Waals surface area contributed by atoms with E-state index in [1.54, 1.807) is 11.8 Å². The summed E-state index contributed by atoms with van der Waals surface area (Å²) in [5.41, 5.74) is 0.815. The molecule has 0 fully saturated rings. The zero-order valence-electron chi connectivity index (χ0n) is 18.5. The van der Waals surface area contributed by atoms with E-state index in [2.05, 4.69) is 55.3 Å². The molecular formula is C21H36N6OS. The van der Waals surface area contributed by atoms with Crippen molar-refractivity contribution < 1.29 is 4.79 Å². The van der Waals surface area contributed by atoms with E-state index in [0.29, 0.717) is 19.0 Å². The second kappa shape index (κ2) is 12.0. The van der Waals surface area contributed by atoms with Gasteiger partial charge in [-0.1, -0.05) is 59.2 Å². The normalized spacial score (nSPS) is 11.6. The van der Waals surface area contributed by atoms with E-state index in [0.717, 1.165) is 60.0 Å². The summed E-state index contributed by atoms with van der Waals surface area (Å²) in [7, 11) is 0. The fraction of sp³-hybridized carbons (Fsp3) is 0.714. The summed E-state index contributed by atoms with van der Waals surface area (Å²) in [5.74, 6) is 2.53. The third-order valence-corrected chi connectivity index (χ3v) is 5.42. The van der Waals surface area contributed by atoms with Crippen LogP contribution in [-0.2, 0) is 11.3 Å². The van der Waals surface area contributed by atoms with E-state index < -0.39 is 0 Å². The number of fused-ring (bicyclic) bond motifs is 1. The molecule has 0 aliphatic carbocycles. The Kier molecular flexibility index (Phi) is 9.70. The van der Waals surface area contributed by atoms with Gasteiger partial charge >= 0.3 is 0 Å². The molecule has 2 heterocycles. The van der Waals surface area contributed by atoms with Crippen molar-refractivity contribution in [3.8, 4) is 0 Å². The van der Waals surface area contributed by atoms with E-state index in [4.69, 9.17) is 4.98 Å². The molecule has 0 radical (unpaired) electrons. The maximum absolute atomic E-state index is 12.5. The van der Waals surface area contributed by atoms with E-state index in [1.165, 1.54) is 0 Å². The Morgan fingerprint density at radius 3 is 2.52 bits per heavy atom. The van der Waals surface area contributed by atoms with Gasteiger partial charge in [0.2, 0.25) is 5.91 Å². The summed E-state index contributed by atoms with van der Waals surface area (Å²) in [6, 6.07) is 0. The topological polar surface area (TPSA) is 84.7 Å². The molecule has 2 rings (SSSR count). The van der Waals surface area contributed by atoms with Crippen LogP contribution in [0.3, 0.4) is 0 Å². The summed E-state index contributed by atoms with van der Waals surface area (Å²) < 4.78 is 1.87. The lowest BCUT2D eigenvalue weighted by Gasteiger charge is -2.15. The molecule has 8 heteroatoms. The van der Waals surface area contributed by atoms with Crippen molar-refractivity contribution in [3.63, 3.8) is 0 Å². The van der Waals surface area contributed by atoms with Crippen LogP contribution in [0, 0.1) is 11.8 Å². The fourth-order valence-electron chi connectivity index (χ4n) is 3.26. The third kappa shape index (κ3) is 6.87. The van der Waals surface area contributed by atoms with Crippen molar-refractivity contribution in [1.82, 2.24) is 25.1 Å². The van der Waals surface area contributed by atoms with Gasteiger partial charge in [-0.25, -0.2) is 14.6 Å². The van der Waals surface area contributed by atoms with Gasteiger partial charge in [-0.3, -0.25) is 4.79 Å². The van der Waals surface area contributed by atoms with Crippen LogP contribution in [0.1, 0.15) is 60.3 Å². The monoisotopic (exact) mass is 420 g/mol. The van der Waals surface area contributed by atoms with Crippen LogP contribution in [0.5, 0.6) is 0 Å². The molecule has 0 aliphatic heterocycles. The summed E-state index contributed by atoms with van der Waals surface area (Å²) in [5, 5.41) is 12.7. The van der Waals surface area contributed by atoms with E-state index in [9.17, 15) is 4.79 Å². The first-order valence-corrected chi connectivity index (χ1v) is 11.9. The number of carbonyl (C=O) groups excluding carboxylic acids is 1. The number of aromatic nitrogens is 4. The van der Waals surface area contributed by atoms with Crippen molar-refractivity contribution in [2.24, 2.45) is 11.8 Å². The van der Waals surface area contributed by atoms with Gasteiger partial charge in [0, 0.05) is 19.0 Å². The number of carbonyl (C=O) groups is 1. The highest BCUT2D eigenvalue weighted by atomic mass is 32.2. The van der Waals surface area contributed by atoms with Gasteiger partial charge in [0.05, 0.1) is 18.1 Å². The maximum atomic E-state index is 12.5. The number of thioether (sulfide) groups is 1. The molecule has 2 aromatic rings. The highest BCUT2D eigenvalue weighted by Crippen LogP contribution is 2.24. The average Bonchev–Trinajstić information content (AvgIpc) is 3.09. The Morgan fingerprint density at radius 1 is 1.17 bits per heavy atom. The quantitative estimate of drug-likeness (QED) is 0.370. The molecule has 162 valence electrons. The fourth-order valence-corrected chi connectivity index (χ4v) is 3.83. The van der Waals surface area contributed by atoms with Crippen LogP contribution in [0.4, 0.5) is 5.82 Å². The van der Waals surface area contributed by atoms with Crippen LogP contribution in [0.25, 0.3) is 11.0 Å². The standard InChI is InChI=1S/C21H36N6OS/c1-6-9-16(10-7-2)20(28)22-11-12-27-19-17(14-24-27)18(23-13-15(4)5)25-21(26-19)29-8-3/h14-16H,6-13H2,1-5H3,(H,22,28)(H,23,25,26). The van der Waals surface area contributed by atoms with Crippen molar-refractivity contribution in [2.45, 2.75) is 72.0 Å². The minimum Gasteiger partial charge on any atom is -0.369 e. The number of anilines is 1. The number of rotatable bonds is 13. The van der Waals surface area contributed by atoms with Gasteiger partial charge in [0.1, 0.15) is 5.82 Å². The number of nitrogens with one attached hydrogen (secondary N) is 2. The molecule has 2 N–H and O–H groups in total. The Morgan fingerprint density at radius 2 is 1.90 bits per heavy atom. The highest BCUT2D eigenvalue weighted by molar-refractivity contribution is 7.99. The largest absolute Gasteiger partial charge is 0.369 e. The molecule has 0 saturated heterocycles. The number of hydrogen-bond acceptors (Lipinski definition) is 6. The molecule has 1 amide bonds. The number of amides is 1. The van der Waals surface area contributed by atoms with Crippen molar-refractivity contribution in [2.75, 3.05) is 24.2 Å². The van der Waals surface area contributed by atoms with E-state index >= 15 is 0 Å². The Bertz CT molecular complexity index is 770. The predicted molar refractivity (Wildman–Crippen MR) is 121 cm³/mol. The number of hydrogen-bond donors (Lipinski definition) is 2. The molecule has 7 nitrogen and oxygen atoms in total. The Balaban J connectivity index is 2.11. The van der Waals surface area contributed by atoms with Gasteiger partial charge in [-0.05, 0) is 24.5 Å². The van der Waals surface area contributed by atoms with E-state index in [-0.39, 0.29) is 11.8 Å². The van der Waals surface area contributed by atoms with Crippen molar-refractivity contribution in [1.29, 1.82) is 0 Å². The predicted octanol–water partition coefficient (Wildman–Crippen LogP) is 4.34. The average molecular weight is 421 g/mol. The van der Waals surface area contributed by atoms with E-state index in [1.807, 2.05) is 10.9 Å². The third-order valence-electron chi connectivity index (χ3n) is 4.69. The molecule has 29 heavy (non-hydrogen) atoms. The van der Waals surface area contributed by atoms with Gasteiger partial charge in [0.15, 0.2) is 10.8 Å². The smallest absolute Gasteiger partial charge is 0.223 e. The lowest BCUT2D eigenvalue weighted by molar-refractivity contribution is -0.125. The second-order valence-electron chi connectivity index (χ2n) is 7.73. The summed E-state index contributed by atoms with van der Waals surface area (Å²) in [6.45, 7) is 12.7. The molecule has 0 bridgehead atoms. The molecule has 0 atom stereocenters.